The third-order valence-electron chi connectivity index (χ3n) is 2.81. The molecule has 0 aliphatic heterocycles. The maximum absolute atomic E-state index is 11.7. The third kappa shape index (κ3) is 10.4. The zero-order chi connectivity index (χ0) is 19.6. The van der Waals surface area contributed by atoms with Gasteiger partial charge in [0.1, 0.15) is 5.60 Å². The average molecular weight is 382 g/mol. The second-order valence-corrected chi connectivity index (χ2v) is 6.82. The molecule has 3 amide bonds. The summed E-state index contributed by atoms with van der Waals surface area (Å²) < 4.78 is 5.01. The normalized spacial score (nSPS) is 11.1. The van der Waals surface area contributed by atoms with E-state index < -0.39 is 11.7 Å². The van der Waals surface area contributed by atoms with Gasteiger partial charge in [-0.25, -0.2) is 4.79 Å². The molecule has 0 fully saturated rings. The standard InChI is InChI=1S/C18H24ClN3O4/c1-18(2,3)26-17(25)22-12-16(24)21-10-9-20-15(23)8-7-13-5-4-6-14(19)11-13/h4-8,11H,9-10,12H2,1-3H3,(H,20,23)(H,21,24)(H,22,25)/b8-7+. The first-order valence-electron chi connectivity index (χ1n) is 8.11. The summed E-state index contributed by atoms with van der Waals surface area (Å²) in [7, 11) is 0. The zero-order valence-electron chi connectivity index (χ0n) is 15.1. The molecule has 0 saturated carbocycles. The Balaban J connectivity index is 2.18. The lowest BCUT2D eigenvalue weighted by atomic mass is 10.2. The number of nitrogens with one attached hydrogen (secondary N) is 3. The molecule has 0 bridgehead atoms. The molecule has 0 aliphatic carbocycles. The smallest absolute Gasteiger partial charge is 0.408 e. The van der Waals surface area contributed by atoms with Crippen LogP contribution in [0.25, 0.3) is 6.08 Å². The topological polar surface area (TPSA) is 96.5 Å². The molecular formula is C18H24ClN3O4. The van der Waals surface area contributed by atoms with E-state index in [0.29, 0.717) is 5.02 Å². The van der Waals surface area contributed by atoms with Gasteiger partial charge in [-0.1, -0.05) is 23.7 Å². The SMILES string of the molecule is CC(C)(C)OC(=O)NCC(=O)NCCNC(=O)/C=C/c1cccc(Cl)c1. The Bertz CT molecular complexity index is 669. The molecule has 0 aliphatic rings. The Morgan fingerprint density at radius 3 is 2.46 bits per heavy atom. The van der Waals surface area contributed by atoms with Gasteiger partial charge in [0.15, 0.2) is 0 Å². The van der Waals surface area contributed by atoms with Crippen molar-refractivity contribution >= 4 is 35.6 Å². The van der Waals surface area contributed by atoms with Crippen LogP contribution in [0.3, 0.4) is 0 Å². The first-order chi connectivity index (χ1) is 12.2. The van der Waals surface area contributed by atoms with Crippen LogP contribution >= 0.6 is 11.6 Å². The molecule has 0 spiro atoms. The zero-order valence-corrected chi connectivity index (χ0v) is 15.9. The van der Waals surface area contributed by atoms with Crippen LogP contribution < -0.4 is 16.0 Å². The minimum absolute atomic E-state index is 0.197. The summed E-state index contributed by atoms with van der Waals surface area (Å²) in [6.45, 7) is 5.50. The number of halogens is 1. The van der Waals surface area contributed by atoms with Crippen LogP contribution in [0.2, 0.25) is 5.02 Å². The van der Waals surface area contributed by atoms with Crippen LogP contribution in [0, 0.1) is 0 Å². The maximum Gasteiger partial charge on any atom is 0.408 e. The average Bonchev–Trinajstić information content (AvgIpc) is 2.53. The first kappa shape index (κ1) is 21.5. The summed E-state index contributed by atoms with van der Waals surface area (Å²) in [6.07, 6.45) is 2.37. The lowest BCUT2D eigenvalue weighted by molar-refractivity contribution is -0.120. The van der Waals surface area contributed by atoms with Gasteiger partial charge in [-0.05, 0) is 44.5 Å². The van der Waals surface area contributed by atoms with Crippen molar-refractivity contribution in [2.45, 2.75) is 26.4 Å². The molecule has 1 aromatic carbocycles. The summed E-state index contributed by atoms with van der Waals surface area (Å²) in [6, 6.07) is 7.11. The summed E-state index contributed by atoms with van der Waals surface area (Å²) in [5.74, 6) is -0.661. The maximum atomic E-state index is 11.7. The molecule has 8 heteroatoms. The van der Waals surface area contributed by atoms with E-state index in [2.05, 4.69) is 16.0 Å². The molecule has 3 N–H and O–H groups in total. The van der Waals surface area contributed by atoms with Gasteiger partial charge in [0.2, 0.25) is 11.8 Å². The van der Waals surface area contributed by atoms with Crippen molar-refractivity contribution < 1.29 is 19.1 Å². The van der Waals surface area contributed by atoms with Gasteiger partial charge in [-0.2, -0.15) is 0 Å². The highest BCUT2D eigenvalue weighted by atomic mass is 35.5. The van der Waals surface area contributed by atoms with Crippen molar-refractivity contribution in [3.8, 4) is 0 Å². The summed E-state index contributed by atoms with van der Waals surface area (Å²) in [5.41, 5.74) is 0.192. The number of benzene rings is 1. The Morgan fingerprint density at radius 1 is 1.12 bits per heavy atom. The number of hydrogen-bond acceptors (Lipinski definition) is 4. The first-order valence-corrected chi connectivity index (χ1v) is 8.48. The number of hydrogen-bond donors (Lipinski definition) is 3. The molecule has 1 aromatic rings. The van der Waals surface area contributed by atoms with E-state index in [-0.39, 0.29) is 31.4 Å². The molecular weight excluding hydrogens is 358 g/mol. The predicted octanol–water partition coefficient (Wildman–Crippen LogP) is 2.11. The van der Waals surface area contributed by atoms with E-state index in [1.54, 1.807) is 45.0 Å². The van der Waals surface area contributed by atoms with Gasteiger partial charge in [0.05, 0.1) is 6.54 Å². The van der Waals surface area contributed by atoms with Gasteiger partial charge in [0, 0.05) is 24.2 Å². The molecule has 0 unspecified atom stereocenters. The van der Waals surface area contributed by atoms with Crippen molar-refractivity contribution in [3.63, 3.8) is 0 Å². The Hall–Kier alpha value is -2.54. The van der Waals surface area contributed by atoms with E-state index in [9.17, 15) is 14.4 Å². The third-order valence-corrected chi connectivity index (χ3v) is 3.05. The van der Waals surface area contributed by atoms with Crippen LogP contribution in [0.1, 0.15) is 26.3 Å². The van der Waals surface area contributed by atoms with Crippen LogP contribution in [-0.2, 0) is 14.3 Å². The van der Waals surface area contributed by atoms with E-state index in [1.807, 2.05) is 6.07 Å². The molecule has 0 atom stereocenters. The minimum atomic E-state index is -0.660. The highest BCUT2D eigenvalue weighted by molar-refractivity contribution is 6.30. The van der Waals surface area contributed by atoms with Crippen LogP contribution in [0.4, 0.5) is 4.79 Å². The fourth-order valence-corrected chi connectivity index (χ4v) is 1.96. The Labute approximate surface area is 158 Å². The second kappa shape index (κ2) is 10.5. The quantitative estimate of drug-likeness (QED) is 0.497. The van der Waals surface area contributed by atoms with Gasteiger partial charge < -0.3 is 20.7 Å². The molecule has 1 rings (SSSR count). The number of carbonyl (C=O) groups excluding carboxylic acids is 3. The summed E-state index contributed by atoms with van der Waals surface area (Å²) in [4.78, 5) is 34.7. The lowest BCUT2D eigenvalue weighted by Crippen LogP contribution is -2.41. The van der Waals surface area contributed by atoms with E-state index in [1.165, 1.54) is 6.08 Å². The number of alkyl carbamates (subject to hydrolysis) is 1. The molecule has 142 valence electrons. The molecule has 0 saturated heterocycles. The lowest BCUT2D eigenvalue weighted by Gasteiger charge is -2.19. The number of carbonyl (C=O) groups is 3. The van der Waals surface area contributed by atoms with E-state index in [4.69, 9.17) is 16.3 Å². The molecule has 0 aromatic heterocycles. The highest BCUT2D eigenvalue weighted by Gasteiger charge is 2.16. The minimum Gasteiger partial charge on any atom is -0.444 e. The van der Waals surface area contributed by atoms with Crippen molar-refractivity contribution in [3.05, 3.63) is 40.9 Å². The number of amides is 3. The second-order valence-electron chi connectivity index (χ2n) is 6.38. The van der Waals surface area contributed by atoms with E-state index in [0.717, 1.165) is 5.56 Å². The van der Waals surface area contributed by atoms with Crippen molar-refractivity contribution in [1.82, 2.24) is 16.0 Å². The van der Waals surface area contributed by atoms with Gasteiger partial charge in [-0.3, -0.25) is 9.59 Å². The van der Waals surface area contributed by atoms with Crippen LogP contribution in [0.15, 0.2) is 30.3 Å². The Morgan fingerprint density at radius 2 is 1.81 bits per heavy atom. The number of ether oxygens (including phenoxy) is 1. The Kier molecular flexibility index (Phi) is 8.64. The highest BCUT2D eigenvalue weighted by Crippen LogP contribution is 2.11. The van der Waals surface area contributed by atoms with Gasteiger partial charge in [-0.15, -0.1) is 0 Å². The van der Waals surface area contributed by atoms with Crippen molar-refractivity contribution in [2.75, 3.05) is 19.6 Å². The molecule has 7 nitrogen and oxygen atoms in total. The summed E-state index contributed by atoms with van der Waals surface area (Å²) in [5, 5.41) is 8.15. The molecule has 26 heavy (non-hydrogen) atoms. The van der Waals surface area contributed by atoms with Crippen molar-refractivity contribution in [2.24, 2.45) is 0 Å². The monoisotopic (exact) mass is 381 g/mol. The van der Waals surface area contributed by atoms with Crippen LogP contribution in [0.5, 0.6) is 0 Å². The fraction of sp³-hybridized carbons (Fsp3) is 0.389. The van der Waals surface area contributed by atoms with Gasteiger partial charge >= 0.3 is 6.09 Å². The van der Waals surface area contributed by atoms with Crippen LogP contribution in [-0.4, -0.2) is 43.1 Å². The molecule has 0 radical (unpaired) electrons. The van der Waals surface area contributed by atoms with Gasteiger partial charge in [0.25, 0.3) is 0 Å². The summed E-state index contributed by atoms with van der Waals surface area (Å²) >= 11 is 5.86. The number of rotatable bonds is 7. The van der Waals surface area contributed by atoms with E-state index >= 15 is 0 Å². The van der Waals surface area contributed by atoms with Crippen molar-refractivity contribution in [1.29, 1.82) is 0 Å². The predicted molar refractivity (Wildman–Crippen MR) is 101 cm³/mol. The largest absolute Gasteiger partial charge is 0.444 e. The fourth-order valence-electron chi connectivity index (χ4n) is 1.76. The molecule has 0 heterocycles.